The van der Waals surface area contributed by atoms with Crippen LogP contribution in [-0.2, 0) is 19.3 Å². The van der Waals surface area contributed by atoms with E-state index in [1.165, 1.54) is 18.4 Å². The number of carbonyl (C=O) groups is 1. The Morgan fingerprint density at radius 3 is 2.56 bits per heavy atom. The van der Waals surface area contributed by atoms with E-state index in [9.17, 15) is 18.0 Å². The second-order valence-corrected chi connectivity index (χ2v) is 6.38. The summed E-state index contributed by atoms with van der Waals surface area (Å²) in [6.07, 6.45) is -2.18. The van der Waals surface area contributed by atoms with Gasteiger partial charge in [0.2, 0.25) is 0 Å². The third-order valence-corrected chi connectivity index (χ3v) is 4.54. The van der Waals surface area contributed by atoms with E-state index >= 15 is 0 Å². The zero-order chi connectivity index (χ0) is 19.0. The molecule has 0 radical (unpaired) electrons. The molecule has 4 rings (SSSR count). The van der Waals surface area contributed by atoms with Crippen molar-refractivity contribution in [3.63, 3.8) is 0 Å². The second-order valence-electron chi connectivity index (χ2n) is 6.38. The number of alkyl halides is 3. The van der Waals surface area contributed by atoms with E-state index in [1.54, 1.807) is 17.0 Å². The summed E-state index contributed by atoms with van der Waals surface area (Å²) in [5.74, 6) is 0.0941. The van der Waals surface area contributed by atoms with Gasteiger partial charge in [0.1, 0.15) is 0 Å². The third-order valence-electron chi connectivity index (χ3n) is 4.54. The standard InChI is InChI=1S/C19H16F3N3O2/c20-19(21,22)14-6-4-13(5-7-14)16-11-15-12-24(8-2-9-25(15)23-16)18(26)17-3-1-10-27-17/h1,3-7,10-11H,2,8-9,12H2. The fourth-order valence-corrected chi connectivity index (χ4v) is 3.16. The number of fused-ring (bicyclic) bond motifs is 1. The molecule has 8 heteroatoms. The normalized spacial score (nSPS) is 14.7. The summed E-state index contributed by atoms with van der Waals surface area (Å²) in [6.45, 7) is 1.59. The van der Waals surface area contributed by atoms with Crippen LogP contribution in [0.3, 0.4) is 0 Å². The van der Waals surface area contributed by atoms with Gasteiger partial charge >= 0.3 is 6.18 Å². The Balaban J connectivity index is 1.58. The van der Waals surface area contributed by atoms with Crippen LogP contribution >= 0.6 is 0 Å². The molecule has 27 heavy (non-hydrogen) atoms. The lowest BCUT2D eigenvalue weighted by Crippen LogP contribution is -2.30. The molecule has 0 atom stereocenters. The van der Waals surface area contributed by atoms with Crippen molar-refractivity contribution in [2.75, 3.05) is 6.54 Å². The molecule has 0 N–H and O–H groups in total. The van der Waals surface area contributed by atoms with Crippen LogP contribution in [0, 0.1) is 0 Å². The lowest BCUT2D eigenvalue weighted by Gasteiger charge is -2.18. The van der Waals surface area contributed by atoms with Crippen LogP contribution in [0.1, 0.15) is 28.2 Å². The summed E-state index contributed by atoms with van der Waals surface area (Å²) in [6, 6.07) is 10.0. The van der Waals surface area contributed by atoms with Crippen LogP contribution in [0.25, 0.3) is 11.3 Å². The van der Waals surface area contributed by atoms with Crippen molar-refractivity contribution < 1.29 is 22.4 Å². The molecule has 0 aliphatic carbocycles. The van der Waals surface area contributed by atoms with E-state index < -0.39 is 11.7 Å². The van der Waals surface area contributed by atoms with E-state index in [4.69, 9.17) is 4.42 Å². The van der Waals surface area contributed by atoms with Gasteiger partial charge in [-0.3, -0.25) is 9.48 Å². The van der Waals surface area contributed by atoms with Crippen molar-refractivity contribution in [3.05, 3.63) is 65.7 Å². The van der Waals surface area contributed by atoms with Crippen molar-refractivity contribution in [3.8, 4) is 11.3 Å². The fraction of sp³-hybridized carbons (Fsp3) is 0.263. The number of halogens is 3. The highest BCUT2D eigenvalue weighted by atomic mass is 19.4. The number of hydrogen-bond acceptors (Lipinski definition) is 3. The maximum Gasteiger partial charge on any atom is 0.416 e. The molecule has 0 unspecified atom stereocenters. The molecule has 1 aromatic carbocycles. The van der Waals surface area contributed by atoms with Gasteiger partial charge < -0.3 is 9.32 Å². The number of furan rings is 1. The second kappa shape index (κ2) is 6.61. The molecule has 5 nitrogen and oxygen atoms in total. The van der Waals surface area contributed by atoms with Crippen molar-refractivity contribution in [2.24, 2.45) is 0 Å². The highest BCUT2D eigenvalue weighted by Gasteiger charge is 2.30. The Kier molecular flexibility index (Phi) is 4.25. The molecule has 1 amide bonds. The van der Waals surface area contributed by atoms with E-state index in [1.807, 2.05) is 10.7 Å². The van der Waals surface area contributed by atoms with Crippen molar-refractivity contribution in [1.82, 2.24) is 14.7 Å². The zero-order valence-electron chi connectivity index (χ0n) is 14.2. The molecular weight excluding hydrogens is 359 g/mol. The van der Waals surface area contributed by atoms with Gasteiger partial charge in [-0.15, -0.1) is 0 Å². The fourth-order valence-electron chi connectivity index (χ4n) is 3.16. The Morgan fingerprint density at radius 1 is 1.11 bits per heavy atom. The molecule has 0 saturated heterocycles. The Labute approximate surface area is 153 Å². The lowest BCUT2D eigenvalue weighted by molar-refractivity contribution is -0.137. The number of benzene rings is 1. The average molecular weight is 375 g/mol. The summed E-state index contributed by atoms with van der Waals surface area (Å²) in [5, 5.41) is 4.50. The van der Waals surface area contributed by atoms with Gasteiger partial charge in [0.25, 0.3) is 5.91 Å². The minimum Gasteiger partial charge on any atom is -0.459 e. The lowest BCUT2D eigenvalue weighted by atomic mass is 10.1. The Morgan fingerprint density at radius 2 is 1.89 bits per heavy atom. The molecule has 1 aliphatic rings. The van der Waals surface area contributed by atoms with Crippen LogP contribution in [0.4, 0.5) is 13.2 Å². The number of nitrogens with zero attached hydrogens (tertiary/aromatic N) is 3. The van der Waals surface area contributed by atoms with Crippen LogP contribution < -0.4 is 0 Å². The summed E-state index contributed by atoms with van der Waals surface area (Å²) in [4.78, 5) is 14.2. The molecule has 0 saturated carbocycles. The highest BCUT2D eigenvalue weighted by molar-refractivity contribution is 5.91. The van der Waals surface area contributed by atoms with Gasteiger partial charge in [-0.2, -0.15) is 18.3 Å². The first kappa shape index (κ1) is 17.4. The molecule has 140 valence electrons. The SMILES string of the molecule is O=C(c1ccco1)N1CCCn2nc(-c3ccc(C(F)(F)F)cc3)cc2C1. The predicted molar refractivity (Wildman–Crippen MR) is 90.7 cm³/mol. The smallest absolute Gasteiger partial charge is 0.416 e. The quantitative estimate of drug-likeness (QED) is 0.674. The number of amides is 1. The molecule has 0 fully saturated rings. The first-order valence-electron chi connectivity index (χ1n) is 8.49. The maximum absolute atomic E-state index is 12.7. The summed E-state index contributed by atoms with van der Waals surface area (Å²) >= 11 is 0. The van der Waals surface area contributed by atoms with Crippen LogP contribution in [0.5, 0.6) is 0 Å². The van der Waals surface area contributed by atoms with E-state index in [2.05, 4.69) is 5.10 Å². The predicted octanol–water partition coefficient (Wildman–Crippen LogP) is 4.21. The van der Waals surface area contributed by atoms with Crippen LogP contribution in [-0.4, -0.2) is 27.1 Å². The maximum atomic E-state index is 12.7. The number of carbonyl (C=O) groups excluding carboxylic acids is 1. The monoisotopic (exact) mass is 375 g/mol. The highest BCUT2D eigenvalue weighted by Crippen LogP contribution is 2.31. The number of hydrogen-bond donors (Lipinski definition) is 0. The molecule has 3 heterocycles. The van der Waals surface area contributed by atoms with E-state index in [0.717, 1.165) is 24.2 Å². The van der Waals surface area contributed by atoms with Crippen molar-refractivity contribution >= 4 is 5.91 Å². The van der Waals surface area contributed by atoms with Crippen LogP contribution in [0.15, 0.2) is 53.1 Å². The summed E-state index contributed by atoms with van der Waals surface area (Å²) in [7, 11) is 0. The first-order valence-corrected chi connectivity index (χ1v) is 8.49. The zero-order valence-corrected chi connectivity index (χ0v) is 14.2. The average Bonchev–Trinajstić information content (AvgIpc) is 3.27. The molecule has 3 aromatic rings. The minimum absolute atomic E-state index is 0.189. The van der Waals surface area contributed by atoms with Gasteiger partial charge in [0.15, 0.2) is 5.76 Å². The summed E-state index contributed by atoms with van der Waals surface area (Å²) in [5.41, 5.74) is 1.34. The minimum atomic E-state index is -4.36. The molecular formula is C19H16F3N3O2. The largest absolute Gasteiger partial charge is 0.459 e. The number of rotatable bonds is 2. The molecule has 0 bridgehead atoms. The van der Waals surface area contributed by atoms with Gasteiger partial charge in [-0.25, -0.2) is 0 Å². The summed E-state index contributed by atoms with van der Waals surface area (Å²) < 4.78 is 45.2. The van der Waals surface area contributed by atoms with Crippen molar-refractivity contribution in [1.29, 1.82) is 0 Å². The Hall–Kier alpha value is -3.03. The molecule has 2 aromatic heterocycles. The Bertz CT molecular complexity index is 944. The van der Waals surface area contributed by atoms with Gasteiger partial charge in [0, 0.05) is 18.7 Å². The van der Waals surface area contributed by atoms with Crippen molar-refractivity contribution in [2.45, 2.75) is 25.7 Å². The van der Waals surface area contributed by atoms with E-state index in [0.29, 0.717) is 30.9 Å². The van der Waals surface area contributed by atoms with Gasteiger partial charge in [-0.05, 0) is 36.8 Å². The van der Waals surface area contributed by atoms with Crippen LogP contribution in [0.2, 0.25) is 0 Å². The van der Waals surface area contributed by atoms with E-state index in [-0.39, 0.29) is 11.7 Å². The number of aryl methyl sites for hydroxylation is 1. The number of aromatic nitrogens is 2. The van der Waals surface area contributed by atoms with Gasteiger partial charge in [0.05, 0.1) is 29.8 Å². The third kappa shape index (κ3) is 3.47. The molecule has 0 spiro atoms. The topological polar surface area (TPSA) is 51.3 Å². The van der Waals surface area contributed by atoms with Gasteiger partial charge in [-0.1, -0.05) is 12.1 Å². The molecule has 1 aliphatic heterocycles. The first-order chi connectivity index (χ1) is 12.9.